The molecule has 1 heterocycles. The van der Waals surface area contributed by atoms with E-state index in [0.29, 0.717) is 25.3 Å². The van der Waals surface area contributed by atoms with Gasteiger partial charge in [0.05, 0.1) is 9.82 Å². The summed E-state index contributed by atoms with van der Waals surface area (Å²) in [6, 6.07) is 12.2. The zero-order chi connectivity index (χ0) is 22.4. The van der Waals surface area contributed by atoms with Crippen LogP contribution in [0.4, 0.5) is 11.4 Å². The Morgan fingerprint density at radius 3 is 2.48 bits per heavy atom. The summed E-state index contributed by atoms with van der Waals surface area (Å²) >= 11 is 0. The molecule has 0 bridgehead atoms. The van der Waals surface area contributed by atoms with Gasteiger partial charge in [0, 0.05) is 32.2 Å². The van der Waals surface area contributed by atoms with E-state index in [2.05, 4.69) is 29.3 Å². The number of sulfonamides is 1. The Balaban J connectivity index is 1.78. The number of anilines is 1. The molecule has 31 heavy (non-hydrogen) atoms. The number of nitrogens with zero attached hydrogens (tertiary/aromatic N) is 3. The van der Waals surface area contributed by atoms with Crippen molar-refractivity contribution in [2.24, 2.45) is 0 Å². The second kappa shape index (κ2) is 10.2. The topological polar surface area (TPSA) is 95.8 Å². The van der Waals surface area contributed by atoms with Gasteiger partial charge in [0.25, 0.3) is 5.69 Å². The summed E-state index contributed by atoms with van der Waals surface area (Å²) in [6.07, 6.45) is 2.63. The highest BCUT2D eigenvalue weighted by Crippen LogP contribution is 2.30. The summed E-state index contributed by atoms with van der Waals surface area (Å²) in [6.45, 7) is 5.19. The highest BCUT2D eigenvalue weighted by molar-refractivity contribution is 7.89. The van der Waals surface area contributed by atoms with Crippen LogP contribution in [0.1, 0.15) is 37.3 Å². The van der Waals surface area contributed by atoms with Gasteiger partial charge in [-0.25, -0.2) is 8.42 Å². The van der Waals surface area contributed by atoms with Crippen molar-refractivity contribution in [1.29, 1.82) is 0 Å². The van der Waals surface area contributed by atoms with Gasteiger partial charge in [-0.05, 0) is 49.7 Å². The Kier molecular flexibility index (Phi) is 7.64. The lowest BCUT2D eigenvalue weighted by atomic mass is 10.1. The lowest BCUT2D eigenvalue weighted by molar-refractivity contribution is -0.384. The van der Waals surface area contributed by atoms with Crippen LogP contribution >= 0.6 is 0 Å². The molecule has 8 nitrogen and oxygen atoms in total. The normalized spacial score (nSPS) is 15.2. The van der Waals surface area contributed by atoms with E-state index in [4.69, 9.17) is 0 Å². The highest BCUT2D eigenvalue weighted by Gasteiger charge is 2.28. The van der Waals surface area contributed by atoms with Crippen molar-refractivity contribution >= 4 is 21.4 Å². The van der Waals surface area contributed by atoms with Crippen LogP contribution in [-0.4, -0.2) is 49.2 Å². The van der Waals surface area contributed by atoms with E-state index in [1.54, 1.807) is 0 Å². The maximum absolute atomic E-state index is 12.9. The van der Waals surface area contributed by atoms with Crippen molar-refractivity contribution in [3.05, 3.63) is 63.7 Å². The first-order chi connectivity index (χ1) is 14.8. The van der Waals surface area contributed by atoms with Gasteiger partial charge in [-0.3, -0.25) is 10.1 Å². The van der Waals surface area contributed by atoms with Crippen molar-refractivity contribution < 1.29 is 13.3 Å². The quantitative estimate of drug-likeness (QED) is 0.465. The second-order valence-corrected chi connectivity index (χ2v) is 9.84. The number of nitrogens with one attached hydrogen (secondary N) is 1. The number of benzene rings is 2. The van der Waals surface area contributed by atoms with Gasteiger partial charge in [-0.15, -0.1) is 0 Å². The van der Waals surface area contributed by atoms with Crippen LogP contribution in [0.2, 0.25) is 0 Å². The Labute approximate surface area is 184 Å². The predicted octanol–water partition coefficient (Wildman–Crippen LogP) is 3.83. The van der Waals surface area contributed by atoms with Gasteiger partial charge < -0.3 is 10.2 Å². The number of hydrogen-bond acceptors (Lipinski definition) is 6. The van der Waals surface area contributed by atoms with E-state index in [0.717, 1.165) is 37.9 Å². The molecular formula is C22H30N4O4S. The number of piperidine rings is 1. The van der Waals surface area contributed by atoms with Crippen LogP contribution in [0.25, 0.3) is 0 Å². The maximum atomic E-state index is 12.9. The molecule has 9 heteroatoms. The van der Waals surface area contributed by atoms with Crippen LogP contribution < -0.4 is 5.32 Å². The first-order valence-electron chi connectivity index (χ1n) is 10.6. The number of nitro groups is 1. The molecule has 168 valence electrons. The van der Waals surface area contributed by atoms with Crippen LogP contribution in [0.3, 0.4) is 0 Å². The first kappa shape index (κ1) is 23.2. The van der Waals surface area contributed by atoms with Crippen molar-refractivity contribution in [2.45, 2.75) is 44.2 Å². The van der Waals surface area contributed by atoms with Gasteiger partial charge in [-0.1, -0.05) is 37.6 Å². The molecule has 1 aliphatic rings. The molecule has 1 fully saturated rings. The van der Waals surface area contributed by atoms with Crippen molar-refractivity contribution in [2.75, 3.05) is 32.0 Å². The summed E-state index contributed by atoms with van der Waals surface area (Å²) < 4.78 is 27.2. The monoisotopic (exact) mass is 446 g/mol. The largest absolute Gasteiger partial charge is 0.375 e. The fraction of sp³-hybridized carbons (Fsp3) is 0.455. The fourth-order valence-electron chi connectivity index (χ4n) is 3.69. The Morgan fingerprint density at radius 1 is 1.10 bits per heavy atom. The summed E-state index contributed by atoms with van der Waals surface area (Å²) in [7, 11) is -1.68. The third-order valence-electron chi connectivity index (χ3n) is 5.59. The molecule has 2 aromatic carbocycles. The zero-order valence-electron chi connectivity index (χ0n) is 18.1. The lowest BCUT2D eigenvalue weighted by Crippen LogP contribution is -2.35. The number of hydrogen-bond donors (Lipinski definition) is 1. The Morgan fingerprint density at radius 2 is 1.81 bits per heavy atom. The van der Waals surface area contributed by atoms with Crippen molar-refractivity contribution in [3.8, 4) is 0 Å². The van der Waals surface area contributed by atoms with E-state index < -0.39 is 14.9 Å². The average Bonchev–Trinajstić information content (AvgIpc) is 2.78. The third-order valence-corrected chi connectivity index (χ3v) is 7.48. The van der Waals surface area contributed by atoms with Crippen molar-refractivity contribution in [3.63, 3.8) is 0 Å². The molecule has 2 aromatic rings. The SMILES string of the molecule is CCN(C)Cc1cccc(CNc2ccc(S(=O)(=O)N3CCCCC3)cc2[N+](=O)[O-])c1. The van der Waals surface area contributed by atoms with E-state index in [-0.39, 0.29) is 10.6 Å². The molecule has 0 aromatic heterocycles. The fourth-order valence-corrected chi connectivity index (χ4v) is 5.22. The molecule has 0 aliphatic carbocycles. The van der Waals surface area contributed by atoms with Crippen molar-refractivity contribution in [1.82, 2.24) is 9.21 Å². The van der Waals surface area contributed by atoms with Gasteiger partial charge >= 0.3 is 0 Å². The van der Waals surface area contributed by atoms with Gasteiger partial charge in [-0.2, -0.15) is 4.31 Å². The number of rotatable bonds is 9. The Bertz CT molecular complexity index is 1020. The van der Waals surface area contributed by atoms with Crippen LogP contribution in [-0.2, 0) is 23.1 Å². The van der Waals surface area contributed by atoms with Crippen LogP contribution in [0, 0.1) is 10.1 Å². The van der Waals surface area contributed by atoms with Gasteiger partial charge in [0.15, 0.2) is 0 Å². The summed E-state index contributed by atoms with van der Waals surface area (Å²) in [5.41, 5.74) is 2.24. The lowest BCUT2D eigenvalue weighted by Gasteiger charge is -2.25. The summed E-state index contributed by atoms with van der Waals surface area (Å²) in [4.78, 5) is 13.3. The minimum atomic E-state index is -3.73. The standard InChI is InChI=1S/C22H30N4O4S/c1-3-24(2)17-19-9-7-8-18(14-19)16-23-21-11-10-20(15-22(21)26(27)28)31(29,30)25-12-5-4-6-13-25/h7-11,14-15,23H,3-6,12-13,16-17H2,1-2H3. The third kappa shape index (κ3) is 5.81. The predicted molar refractivity (Wildman–Crippen MR) is 121 cm³/mol. The Hall–Kier alpha value is -2.49. The molecular weight excluding hydrogens is 416 g/mol. The van der Waals surface area contributed by atoms with E-state index in [9.17, 15) is 18.5 Å². The molecule has 0 spiro atoms. The van der Waals surface area contributed by atoms with E-state index in [1.165, 1.54) is 28.1 Å². The molecule has 1 saturated heterocycles. The zero-order valence-corrected chi connectivity index (χ0v) is 18.9. The molecule has 0 amide bonds. The molecule has 1 N–H and O–H groups in total. The van der Waals surface area contributed by atoms with Crippen LogP contribution in [0.5, 0.6) is 0 Å². The minimum Gasteiger partial charge on any atom is -0.375 e. The number of nitro benzene ring substituents is 1. The van der Waals surface area contributed by atoms with E-state index >= 15 is 0 Å². The molecule has 0 saturated carbocycles. The molecule has 1 aliphatic heterocycles. The van der Waals surface area contributed by atoms with Crippen LogP contribution in [0.15, 0.2) is 47.4 Å². The molecule has 0 radical (unpaired) electrons. The van der Waals surface area contributed by atoms with Gasteiger partial charge in [0.2, 0.25) is 10.0 Å². The minimum absolute atomic E-state index is 0.0312. The van der Waals surface area contributed by atoms with Gasteiger partial charge in [0.1, 0.15) is 5.69 Å². The molecule has 0 unspecified atom stereocenters. The second-order valence-electron chi connectivity index (χ2n) is 7.90. The summed E-state index contributed by atoms with van der Waals surface area (Å²) in [5.74, 6) is 0. The maximum Gasteiger partial charge on any atom is 0.293 e. The summed E-state index contributed by atoms with van der Waals surface area (Å²) in [5, 5.41) is 14.7. The van der Waals surface area contributed by atoms with E-state index in [1.807, 2.05) is 19.2 Å². The molecule has 3 rings (SSSR count). The molecule has 0 atom stereocenters. The first-order valence-corrected chi connectivity index (χ1v) is 12.0. The highest BCUT2D eigenvalue weighted by atomic mass is 32.2. The smallest absolute Gasteiger partial charge is 0.293 e. The average molecular weight is 447 g/mol.